The van der Waals surface area contributed by atoms with Crippen molar-refractivity contribution in [2.45, 2.75) is 19.4 Å². The molecule has 0 N–H and O–H groups in total. The predicted molar refractivity (Wildman–Crippen MR) is 148 cm³/mol. The fourth-order valence-electron chi connectivity index (χ4n) is 4.69. The molecule has 1 aliphatic rings. The topological polar surface area (TPSA) is 85.5 Å². The van der Waals surface area contributed by atoms with Gasteiger partial charge in [-0.1, -0.05) is 18.5 Å². The van der Waals surface area contributed by atoms with Gasteiger partial charge < -0.3 is 14.5 Å². The lowest BCUT2D eigenvalue weighted by molar-refractivity contribution is 0.0911. The number of nitrogens with zero attached hydrogens (tertiary/aromatic N) is 6. The van der Waals surface area contributed by atoms with E-state index in [4.69, 9.17) is 16.3 Å². The molecule has 1 saturated heterocycles. The number of ether oxygens (including phenoxy) is 1. The highest BCUT2D eigenvalue weighted by Gasteiger charge is 2.25. The van der Waals surface area contributed by atoms with Crippen LogP contribution in [-0.2, 0) is 0 Å². The second-order valence-corrected chi connectivity index (χ2v) is 9.51. The predicted octanol–water partition coefficient (Wildman–Crippen LogP) is 4.25. The van der Waals surface area contributed by atoms with Crippen LogP contribution in [0.3, 0.4) is 0 Å². The van der Waals surface area contributed by atoms with E-state index < -0.39 is 11.7 Å². The summed E-state index contributed by atoms with van der Waals surface area (Å²) < 4.78 is 7.84. The van der Waals surface area contributed by atoms with Crippen LogP contribution in [0.15, 0.2) is 78.0 Å². The summed E-state index contributed by atoms with van der Waals surface area (Å²) in [7, 11) is 1.67. The van der Waals surface area contributed by atoms with Crippen molar-refractivity contribution in [2.75, 3.05) is 43.1 Å². The Labute approximate surface area is 225 Å². The maximum absolute atomic E-state index is 13.2. The number of hydrogen-bond donors (Lipinski definition) is 0. The molecule has 9 nitrogen and oxygen atoms in total. The summed E-state index contributed by atoms with van der Waals surface area (Å²) in [6, 6.07) is 17.8. The molecule has 0 saturated carbocycles. The number of methoxy groups -OCH3 is 1. The van der Waals surface area contributed by atoms with Gasteiger partial charge in [0.15, 0.2) is 5.78 Å². The van der Waals surface area contributed by atoms with E-state index >= 15 is 0 Å². The molecule has 10 heteroatoms. The van der Waals surface area contributed by atoms with Crippen molar-refractivity contribution < 1.29 is 9.53 Å². The highest BCUT2D eigenvalue weighted by molar-refractivity contribution is 6.30. The molecule has 3 heterocycles. The summed E-state index contributed by atoms with van der Waals surface area (Å²) in [4.78, 5) is 35.4. The zero-order valence-corrected chi connectivity index (χ0v) is 22.1. The summed E-state index contributed by atoms with van der Waals surface area (Å²) in [5.74, 6) is 1.12. The molecule has 0 aliphatic carbocycles. The van der Waals surface area contributed by atoms with Crippen LogP contribution >= 0.6 is 11.6 Å². The van der Waals surface area contributed by atoms with Crippen LogP contribution in [0.1, 0.15) is 29.7 Å². The van der Waals surface area contributed by atoms with Gasteiger partial charge in [0.2, 0.25) is 0 Å². The van der Waals surface area contributed by atoms with Crippen molar-refractivity contribution in [3.8, 4) is 11.6 Å². The zero-order chi connectivity index (χ0) is 26.6. The lowest BCUT2D eigenvalue weighted by Gasteiger charge is -2.37. The van der Waals surface area contributed by atoms with Gasteiger partial charge in [0.25, 0.3) is 0 Å². The lowest BCUT2D eigenvalue weighted by atomic mass is 10.0. The quantitative estimate of drug-likeness (QED) is 0.314. The van der Waals surface area contributed by atoms with E-state index in [1.54, 1.807) is 43.6 Å². The van der Waals surface area contributed by atoms with Gasteiger partial charge in [-0.25, -0.2) is 19.0 Å². The third-order valence-corrected chi connectivity index (χ3v) is 7.12. The molecule has 0 radical (unpaired) electrons. The third-order valence-electron chi connectivity index (χ3n) is 6.87. The number of carbonyl (C=O) groups excluding carboxylic acids is 1. The molecule has 0 bridgehead atoms. The minimum Gasteiger partial charge on any atom is -0.497 e. The molecule has 4 aromatic rings. The van der Waals surface area contributed by atoms with Crippen LogP contribution in [-0.4, -0.2) is 58.4 Å². The van der Waals surface area contributed by atoms with E-state index in [0.717, 1.165) is 37.6 Å². The van der Waals surface area contributed by atoms with Gasteiger partial charge in [-0.15, -0.1) is 0 Å². The molecule has 1 unspecified atom stereocenters. The second kappa shape index (κ2) is 11.1. The Morgan fingerprint density at radius 3 is 2.16 bits per heavy atom. The minimum absolute atomic E-state index is 0.186. The number of pyridine rings is 1. The first-order chi connectivity index (χ1) is 18.5. The molecular weight excluding hydrogens is 504 g/mol. The van der Waals surface area contributed by atoms with Crippen LogP contribution in [0, 0.1) is 0 Å². The van der Waals surface area contributed by atoms with Crippen molar-refractivity contribution in [1.29, 1.82) is 0 Å². The van der Waals surface area contributed by atoms with E-state index in [1.165, 1.54) is 21.3 Å². The van der Waals surface area contributed by atoms with Gasteiger partial charge in [-0.3, -0.25) is 4.79 Å². The number of benzene rings is 2. The first-order valence-electron chi connectivity index (χ1n) is 12.5. The average Bonchev–Trinajstić information content (AvgIpc) is 3.34. The van der Waals surface area contributed by atoms with Gasteiger partial charge in [0, 0.05) is 42.5 Å². The van der Waals surface area contributed by atoms with Crippen LogP contribution in [0.5, 0.6) is 5.75 Å². The van der Waals surface area contributed by atoms with Crippen molar-refractivity contribution in [2.24, 2.45) is 0 Å². The summed E-state index contributed by atoms with van der Waals surface area (Å²) >= 11 is 5.95. The standard InChI is InChI=1S/C28H29ClN6O3/c1-3-25(27(36)20-4-6-21(29)7-5-20)35-28(37)34(19-31-35)26-13-10-23(18-30-26)33-16-14-32(15-17-33)22-8-11-24(38-2)12-9-22/h4-13,18-19,25H,3,14-17H2,1-2H3. The largest absolute Gasteiger partial charge is 0.497 e. The summed E-state index contributed by atoms with van der Waals surface area (Å²) in [6.07, 6.45) is 3.61. The first-order valence-corrected chi connectivity index (χ1v) is 12.9. The van der Waals surface area contributed by atoms with E-state index in [-0.39, 0.29) is 5.78 Å². The Morgan fingerprint density at radius 2 is 1.58 bits per heavy atom. The average molecular weight is 533 g/mol. The Kier molecular flexibility index (Phi) is 7.46. The van der Waals surface area contributed by atoms with E-state index in [1.807, 2.05) is 25.1 Å². The van der Waals surface area contributed by atoms with Crippen molar-refractivity contribution >= 4 is 28.8 Å². The normalized spacial score (nSPS) is 14.4. The van der Waals surface area contributed by atoms with E-state index in [9.17, 15) is 9.59 Å². The van der Waals surface area contributed by atoms with Gasteiger partial charge >= 0.3 is 5.69 Å². The summed E-state index contributed by atoms with van der Waals surface area (Å²) in [5.41, 5.74) is 2.24. The molecule has 0 spiro atoms. The maximum Gasteiger partial charge on any atom is 0.352 e. The number of Topliss-reactive ketones (excluding diaryl/α,β-unsaturated/α-hetero) is 1. The molecule has 1 atom stereocenters. The first kappa shape index (κ1) is 25.5. The number of aromatic nitrogens is 4. The number of carbonyl (C=O) groups is 1. The van der Waals surface area contributed by atoms with Crippen LogP contribution in [0.25, 0.3) is 5.82 Å². The summed E-state index contributed by atoms with van der Waals surface area (Å²) in [5, 5.41) is 4.79. The zero-order valence-electron chi connectivity index (χ0n) is 21.3. The Balaban J connectivity index is 1.27. The Hall–Kier alpha value is -4.11. The van der Waals surface area contributed by atoms with Crippen LogP contribution < -0.4 is 20.2 Å². The van der Waals surface area contributed by atoms with Gasteiger partial charge in [-0.05, 0) is 67.1 Å². The van der Waals surface area contributed by atoms with Gasteiger partial charge in [0.1, 0.15) is 23.9 Å². The molecule has 2 aromatic heterocycles. The van der Waals surface area contributed by atoms with E-state index in [2.05, 4.69) is 32.0 Å². The molecule has 1 fully saturated rings. The molecule has 0 amide bonds. The number of halogens is 1. The van der Waals surface area contributed by atoms with Crippen LogP contribution in [0.2, 0.25) is 5.02 Å². The Morgan fingerprint density at radius 1 is 0.947 bits per heavy atom. The fraction of sp³-hybridized carbons (Fsp3) is 0.286. The lowest BCUT2D eigenvalue weighted by Crippen LogP contribution is -2.46. The number of hydrogen-bond acceptors (Lipinski definition) is 7. The number of anilines is 2. The maximum atomic E-state index is 13.2. The highest BCUT2D eigenvalue weighted by Crippen LogP contribution is 2.23. The molecule has 1 aliphatic heterocycles. The molecule has 5 rings (SSSR count). The molecule has 2 aromatic carbocycles. The Bertz CT molecular complexity index is 1440. The van der Waals surface area contributed by atoms with Crippen molar-refractivity contribution in [3.05, 3.63) is 94.3 Å². The van der Waals surface area contributed by atoms with E-state index in [0.29, 0.717) is 22.8 Å². The van der Waals surface area contributed by atoms with Gasteiger partial charge in [0.05, 0.1) is 19.0 Å². The second-order valence-electron chi connectivity index (χ2n) is 9.07. The number of piperazine rings is 1. The third kappa shape index (κ3) is 5.15. The monoisotopic (exact) mass is 532 g/mol. The van der Waals surface area contributed by atoms with Crippen molar-refractivity contribution in [3.63, 3.8) is 0 Å². The smallest absolute Gasteiger partial charge is 0.352 e. The van der Waals surface area contributed by atoms with Crippen LogP contribution in [0.4, 0.5) is 11.4 Å². The number of ketones is 1. The number of rotatable bonds is 8. The highest BCUT2D eigenvalue weighted by atomic mass is 35.5. The SMILES string of the molecule is CCC(C(=O)c1ccc(Cl)cc1)n1ncn(-c2ccc(N3CCN(c4ccc(OC)cc4)CC3)cn2)c1=O. The molecular formula is C28H29ClN6O3. The molecule has 196 valence electrons. The van der Waals surface area contributed by atoms with Gasteiger partial charge in [-0.2, -0.15) is 5.10 Å². The fourth-order valence-corrected chi connectivity index (χ4v) is 4.81. The molecule has 38 heavy (non-hydrogen) atoms. The van der Waals surface area contributed by atoms with Crippen molar-refractivity contribution in [1.82, 2.24) is 19.3 Å². The summed E-state index contributed by atoms with van der Waals surface area (Å²) in [6.45, 7) is 5.35. The minimum atomic E-state index is -0.716.